The minimum absolute atomic E-state index is 0.0244. The number of carbonyl (C=O) groups excluding carboxylic acids is 1. The summed E-state index contributed by atoms with van der Waals surface area (Å²) < 4.78 is 6.08. The SMILES string of the molecule is CC1=CCCC2(C)C(CCC2(O)CN(CC(O)COCc2ccccc2)CC23CC4CC(CC(C4)C2)C3)c2ccc(cc2C(=O)c2ccc(C)s2)CC(O)CC1. The van der Waals surface area contributed by atoms with Crippen LogP contribution in [0.5, 0.6) is 0 Å². The van der Waals surface area contributed by atoms with E-state index in [1.807, 2.05) is 43.3 Å². The summed E-state index contributed by atoms with van der Waals surface area (Å²) >= 11 is 1.54. The number of aliphatic hydroxyl groups is 3. The third-order valence-corrected chi connectivity index (χ3v) is 16.0. The number of fused-ring (bicyclic) bond motifs is 8. The Morgan fingerprint density at radius 2 is 1.68 bits per heavy atom. The number of rotatable bonds is 12. The first-order valence-electron chi connectivity index (χ1n) is 21.7. The van der Waals surface area contributed by atoms with E-state index in [2.05, 4.69) is 49.1 Å². The number of nitrogens with zero attached hydrogens (tertiary/aromatic N) is 1. The maximum absolute atomic E-state index is 14.4. The van der Waals surface area contributed by atoms with Crippen LogP contribution >= 0.6 is 11.3 Å². The normalized spacial score (nSPS) is 33.3. The number of allylic oxidation sites excluding steroid dienone is 2. The molecule has 1 heterocycles. The highest BCUT2D eigenvalue weighted by molar-refractivity contribution is 7.14. The molecule has 56 heavy (non-hydrogen) atoms. The molecule has 10 rings (SSSR count). The molecule has 0 aliphatic heterocycles. The second kappa shape index (κ2) is 16.5. The minimum Gasteiger partial charge on any atom is -0.393 e. The summed E-state index contributed by atoms with van der Waals surface area (Å²) in [6.07, 6.45) is 14.2. The van der Waals surface area contributed by atoms with E-state index in [0.717, 1.165) is 82.0 Å². The molecule has 5 fully saturated rings. The van der Waals surface area contributed by atoms with Gasteiger partial charge in [0.25, 0.3) is 0 Å². The molecule has 2 aromatic carbocycles. The van der Waals surface area contributed by atoms with Crippen LogP contribution in [0.1, 0.15) is 134 Å². The van der Waals surface area contributed by atoms with Crippen molar-refractivity contribution in [2.24, 2.45) is 28.6 Å². The molecule has 0 radical (unpaired) electrons. The van der Waals surface area contributed by atoms with Crippen molar-refractivity contribution in [3.8, 4) is 0 Å². The van der Waals surface area contributed by atoms with E-state index in [1.54, 1.807) is 0 Å². The first-order chi connectivity index (χ1) is 26.9. The standard InChI is InChI=1S/C49H65NO5S/c1-33-8-7-18-47(3)44(42-15-13-36(23-40(51)14-11-33)24-43(42)46(53)45-16-12-34(2)56-45)17-19-49(47,54)32-50(28-41(52)30-55-29-35-9-5-4-6-10-35)31-48-25-37-20-38(26-48)22-39(21-37)27-48/h4-6,8-10,12-13,15-16,24,37-41,44,51-52,54H,7,11,14,17-23,25-32H2,1-3H3. The molecule has 7 aliphatic carbocycles. The van der Waals surface area contributed by atoms with Crippen LogP contribution in [-0.4, -0.2) is 70.1 Å². The summed E-state index contributed by atoms with van der Waals surface area (Å²) in [4.78, 5) is 18.7. The van der Waals surface area contributed by atoms with Crippen LogP contribution < -0.4 is 0 Å². The first kappa shape index (κ1) is 40.1. The Morgan fingerprint density at radius 3 is 2.38 bits per heavy atom. The average Bonchev–Trinajstić information content (AvgIpc) is 3.69. The van der Waals surface area contributed by atoms with E-state index in [4.69, 9.17) is 4.74 Å². The van der Waals surface area contributed by atoms with Gasteiger partial charge in [-0.1, -0.05) is 61.0 Å². The van der Waals surface area contributed by atoms with Gasteiger partial charge in [-0.05, 0) is 161 Å². The molecule has 0 amide bonds. The van der Waals surface area contributed by atoms with Gasteiger partial charge >= 0.3 is 0 Å². The van der Waals surface area contributed by atoms with Crippen molar-refractivity contribution in [1.29, 1.82) is 0 Å². The number of hydrogen-bond donors (Lipinski definition) is 3. The highest BCUT2D eigenvalue weighted by Gasteiger charge is 2.58. The Morgan fingerprint density at radius 1 is 0.946 bits per heavy atom. The summed E-state index contributed by atoms with van der Waals surface area (Å²) in [5, 5.41) is 36.1. The molecule has 5 saturated carbocycles. The highest BCUT2D eigenvalue weighted by atomic mass is 32.1. The smallest absolute Gasteiger partial charge is 0.203 e. The van der Waals surface area contributed by atoms with Crippen molar-refractivity contribution in [3.63, 3.8) is 0 Å². The lowest BCUT2D eigenvalue weighted by Gasteiger charge is -2.58. The van der Waals surface area contributed by atoms with Crippen molar-refractivity contribution < 1.29 is 24.9 Å². The summed E-state index contributed by atoms with van der Waals surface area (Å²) in [7, 11) is 0. The number of ketones is 1. The lowest BCUT2D eigenvalue weighted by Crippen LogP contribution is -2.57. The molecule has 5 unspecified atom stereocenters. The Kier molecular flexibility index (Phi) is 11.9. The lowest BCUT2D eigenvalue weighted by molar-refractivity contribution is -0.115. The maximum atomic E-state index is 14.4. The topological polar surface area (TPSA) is 90.2 Å². The van der Waals surface area contributed by atoms with Gasteiger partial charge in [-0.25, -0.2) is 0 Å². The predicted octanol–water partition coefficient (Wildman–Crippen LogP) is 9.42. The highest BCUT2D eigenvalue weighted by Crippen LogP contribution is 2.62. The number of thiophene rings is 1. The van der Waals surface area contributed by atoms with Crippen molar-refractivity contribution >= 4 is 17.1 Å². The van der Waals surface area contributed by atoms with Gasteiger partial charge in [0.15, 0.2) is 0 Å². The lowest BCUT2D eigenvalue weighted by atomic mass is 9.49. The fraction of sp³-hybridized carbons (Fsp3) is 0.612. The van der Waals surface area contributed by atoms with Gasteiger partial charge < -0.3 is 20.1 Å². The molecule has 3 N–H and O–H groups in total. The van der Waals surface area contributed by atoms with E-state index < -0.39 is 23.2 Å². The summed E-state index contributed by atoms with van der Waals surface area (Å²) in [5.41, 5.74) is 3.80. The van der Waals surface area contributed by atoms with Crippen molar-refractivity contribution in [3.05, 3.63) is 104 Å². The number of aryl methyl sites for hydroxylation is 1. The van der Waals surface area contributed by atoms with E-state index in [9.17, 15) is 20.1 Å². The molecule has 6 bridgehead atoms. The fourth-order valence-electron chi connectivity index (χ4n) is 12.6. The van der Waals surface area contributed by atoms with Gasteiger partial charge in [0.05, 0.1) is 35.9 Å². The van der Waals surface area contributed by atoms with Gasteiger partial charge in [0.1, 0.15) is 0 Å². The van der Waals surface area contributed by atoms with Gasteiger partial charge in [-0.2, -0.15) is 0 Å². The van der Waals surface area contributed by atoms with Crippen molar-refractivity contribution in [2.45, 2.75) is 135 Å². The molecule has 302 valence electrons. The zero-order valence-corrected chi connectivity index (χ0v) is 34.9. The van der Waals surface area contributed by atoms with Crippen LogP contribution in [-0.2, 0) is 17.8 Å². The summed E-state index contributed by atoms with van der Waals surface area (Å²) in [6.45, 7) is 9.10. The molecule has 1 aromatic heterocycles. The van der Waals surface area contributed by atoms with E-state index in [0.29, 0.717) is 39.0 Å². The Balaban J connectivity index is 1.12. The molecular weight excluding hydrogens is 715 g/mol. The second-order valence-corrected chi connectivity index (χ2v) is 20.7. The van der Waals surface area contributed by atoms with Crippen LogP contribution in [0.4, 0.5) is 0 Å². The molecule has 7 heteroatoms. The largest absolute Gasteiger partial charge is 0.393 e. The van der Waals surface area contributed by atoms with Crippen LogP contribution in [0.15, 0.2) is 72.3 Å². The maximum Gasteiger partial charge on any atom is 0.203 e. The van der Waals surface area contributed by atoms with E-state index >= 15 is 0 Å². The molecular formula is C49H65NO5S. The van der Waals surface area contributed by atoms with Gasteiger partial charge in [0, 0.05) is 35.5 Å². The molecule has 3 aromatic rings. The number of benzene rings is 2. The summed E-state index contributed by atoms with van der Waals surface area (Å²) in [6, 6.07) is 20.4. The quantitative estimate of drug-likeness (QED) is 0.125. The van der Waals surface area contributed by atoms with E-state index in [1.165, 1.54) is 55.4 Å². The third kappa shape index (κ3) is 8.56. The Labute approximate surface area is 339 Å². The molecule has 0 saturated heterocycles. The van der Waals surface area contributed by atoms with Crippen molar-refractivity contribution in [2.75, 3.05) is 26.2 Å². The Hall–Kier alpha value is -2.65. The monoisotopic (exact) mass is 779 g/mol. The van der Waals surface area contributed by atoms with Gasteiger partial charge in [-0.15, -0.1) is 11.3 Å². The zero-order chi connectivity index (χ0) is 39.1. The van der Waals surface area contributed by atoms with E-state index in [-0.39, 0.29) is 23.7 Å². The van der Waals surface area contributed by atoms with Crippen LogP contribution in [0.25, 0.3) is 0 Å². The molecule has 0 spiro atoms. The first-order valence-corrected chi connectivity index (χ1v) is 22.5. The molecule has 7 aliphatic rings. The fourth-order valence-corrected chi connectivity index (χ4v) is 13.5. The number of ether oxygens (including phenoxy) is 1. The van der Waals surface area contributed by atoms with Gasteiger partial charge in [0.2, 0.25) is 5.78 Å². The predicted molar refractivity (Wildman–Crippen MR) is 225 cm³/mol. The molecule has 5 atom stereocenters. The zero-order valence-electron chi connectivity index (χ0n) is 34.1. The number of aliphatic hydroxyl groups excluding tert-OH is 2. The average molecular weight is 780 g/mol. The van der Waals surface area contributed by atoms with Gasteiger partial charge in [-0.3, -0.25) is 9.69 Å². The Bertz CT molecular complexity index is 1830. The van der Waals surface area contributed by atoms with Crippen LogP contribution in [0.3, 0.4) is 0 Å². The molecule has 6 nitrogen and oxygen atoms in total. The van der Waals surface area contributed by atoms with Crippen LogP contribution in [0, 0.1) is 35.5 Å². The number of carbonyl (C=O) groups is 1. The third-order valence-electron chi connectivity index (χ3n) is 15.0. The summed E-state index contributed by atoms with van der Waals surface area (Å²) in [5.74, 6) is 2.47. The van der Waals surface area contributed by atoms with Crippen LogP contribution in [0.2, 0.25) is 0 Å². The van der Waals surface area contributed by atoms with Crippen molar-refractivity contribution in [1.82, 2.24) is 4.90 Å². The minimum atomic E-state index is -1.03. The number of hydrogen-bond acceptors (Lipinski definition) is 7. The second-order valence-electron chi connectivity index (χ2n) is 19.4.